The average molecular weight is 199 g/mol. The molecule has 2 nitrogen and oxygen atoms in total. The molecule has 0 atom stereocenters. The number of benzene rings is 1. The fourth-order valence-corrected chi connectivity index (χ4v) is 2.22. The van der Waals surface area contributed by atoms with E-state index in [1.807, 2.05) is 19.9 Å². The van der Waals surface area contributed by atoms with Crippen molar-refractivity contribution in [1.82, 2.24) is 9.59 Å². The predicted octanol–water partition coefficient (Wildman–Crippen LogP) is 2.96. The van der Waals surface area contributed by atoms with Crippen LogP contribution in [-0.4, -0.2) is 9.59 Å². The van der Waals surface area contributed by atoms with Crippen LogP contribution in [0, 0.1) is 13.8 Å². The number of rotatable bonds is 0. The van der Waals surface area contributed by atoms with E-state index >= 15 is 0 Å². The zero-order valence-corrected chi connectivity index (χ0v) is 8.33. The van der Waals surface area contributed by atoms with E-state index in [2.05, 4.69) is 9.59 Å². The van der Waals surface area contributed by atoms with Crippen molar-refractivity contribution in [2.45, 2.75) is 13.8 Å². The molecule has 1 aromatic carbocycles. The van der Waals surface area contributed by atoms with Crippen LogP contribution in [0.2, 0.25) is 5.02 Å². The van der Waals surface area contributed by atoms with Crippen molar-refractivity contribution in [1.29, 1.82) is 0 Å². The SMILES string of the molecule is Cc1cc(Cl)c(C)c2snnc12. The van der Waals surface area contributed by atoms with E-state index in [1.54, 1.807) is 0 Å². The fraction of sp³-hybridized carbons (Fsp3) is 0.250. The van der Waals surface area contributed by atoms with E-state index < -0.39 is 0 Å². The monoisotopic (exact) mass is 198 g/mol. The maximum Gasteiger partial charge on any atom is 0.109 e. The van der Waals surface area contributed by atoms with E-state index in [1.165, 1.54) is 11.5 Å². The Bertz CT molecular complexity index is 436. The molecule has 0 unspecified atom stereocenters. The predicted molar refractivity (Wildman–Crippen MR) is 51.9 cm³/mol. The zero-order chi connectivity index (χ0) is 8.72. The van der Waals surface area contributed by atoms with Crippen molar-refractivity contribution in [3.05, 3.63) is 22.2 Å². The molecular weight excluding hydrogens is 192 g/mol. The maximum atomic E-state index is 6.00. The van der Waals surface area contributed by atoms with Gasteiger partial charge in [0.1, 0.15) is 5.52 Å². The summed E-state index contributed by atoms with van der Waals surface area (Å²) in [6.07, 6.45) is 0. The number of hydrogen-bond donors (Lipinski definition) is 0. The van der Waals surface area contributed by atoms with Crippen LogP contribution in [0.1, 0.15) is 11.1 Å². The van der Waals surface area contributed by atoms with Crippen LogP contribution in [-0.2, 0) is 0 Å². The van der Waals surface area contributed by atoms with Gasteiger partial charge in [0.25, 0.3) is 0 Å². The Kier molecular flexibility index (Phi) is 1.77. The average Bonchev–Trinajstić information content (AvgIpc) is 2.48. The molecule has 62 valence electrons. The van der Waals surface area contributed by atoms with Gasteiger partial charge in [-0.3, -0.25) is 0 Å². The lowest BCUT2D eigenvalue weighted by atomic mass is 10.1. The lowest BCUT2D eigenvalue weighted by molar-refractivity contribution is 1.19. The highest BCUT2D eigenvalue weighted by Crippen LogP contribution is 2.29. The molecule has 0 radical (unpaired) electrons. The summed E-state index contributed by atoms with van der Waals surface area (Å²) in [4.78, 5) is 0. The van der Waals surface area contributed by atoms with Gasteiger partial charge in [-0.2, -0.15) is 0 Å². The van der Waals surface area contributed by atoms with Gasteiger partial charge >= 0.3 is 0 Å². The zero-order valence-electron chi connectivity index (χ0n) is 6.76. The topological polar surface area (TPSA) is 25.8 Å². The number of halogens is 1. The summed E-state index contributed by atoms with van der Waals surface area (Å²) >= 11 is 7.40. The van der Waals surface area contributed by atoms with E-state index in [0.717, 1.165) is 26.4 Å². The summed E-state index contributed by atoms with van der Waals surface area (Å²) in [5.74, 6) is 0. The van der Waals surface area contributed by atoms with Crippen molar-refractivity contribution in [2.24, 2.45) is 0 Å². The second kappa shape index (κ2) is 2.68. The Morgan fingerprint density at radius 3 is 2.92 bits per heavy atom. The highest BCUT2D eigenvalue weighted by atomic mass is 35.5. The minimum absolute atomic E-state index is 0.797. The molecule has 0 aliphatic rings. The van der Waals surface area contributed by atoms with E-state index in [0.29, 0.717) is 0 Å². The van der Waals surface area contributed by atoms with Crippen molar-refractivity contribution >= 4 is 33.4 Å². The van der Waals surface area contributed by atoms with Crippen LogP contribution in [0.5, 0.6) is 0 Å². The van der Waals surface area contributed by atoms with Crippen molar-refractivity contribution in [3.63, 3.8) is 0 Å². The van der Waals surface area contributed by atoms with Crippen LogP contribution < -0.4 is 0 Å². The van der Waals surface area contributed by atoms with Crippen LogP contribution in [0.3, 0.4) is 0 Å². The van der Waals surface area contributed by atoms with Crippen LogP contribution >= 0.6 is 23.1 Å². The summed E-state index contributed by atoms with van der Waals surface area (Å²) in [5, 5.41) is 4.83. The molecule has 0 N–H and O–H groups in total. The number of hydrogen-bond acceptors (Lipinski definition) is 3. The molecule has 0 bridgehead atoms. The normalized spacial score (nSPS) is 10.9. The van der Waals surface area contributed by atoms with Gasteiger partial charge in [0.05, 0.1) is 4.70 Å². The molecule has 4 heteroatoms. The Hall–Kier alpha value is -0.670. The fourth-order valence-electron chi connectivity index (χ4n) is 1.17. The molecule has 1 heterocycles. The standard InChI is InChI=1S/C8H7ClN2S/c1-4-3-6(9)5(2)8-7(4)10-11-12-8/h3H,1-2H3. The second-order valence-corrected chi connectivity index (χ2v) is 3.91. The molecule has 0 spiro atoms. The molecule has 0 aliphatic heterocycles. The summed E-state index contributed by atoms with van der Waals surface area (Å²) in [7, 11) is 0. The molecule has 2 rings (SSSR count). The highest BCUT2D eigenvalue weighted by molar-refractivity contribution is 7.13. The third-order valence-electron chi connectivity index (χ3n) is 1.90. The number of nitrogens with zero attached hydrogens (tertiary/aromatic N) is 2. The lowest BCUT2D eigenvalue weighted by Crippen LogP contribution is -1.81. The third kappa shape index (κ3) is 1.01. The largest absolute Gasteiger partial charge is 0.138 e. The van der Waals surface area contributed by atoms with Crippen molar-refractivity contribution in [3.8, 4) is 0 Å². The van der Waals surface area contributed by atoms with Crippen molar-refractivity contribution < 1.29 is 0 Å². The van der Waals surface area contributed by atoms with Gasteiger partial charge in [0.2, 0.25) is 0 Å². The summed E-state index contributed by atoms with van der Waals surface area (Å²) < 4.78 is 4.99. The number of aromatic nitrogens is 2. The van der Waals surface area contributed by atoms with Crippen LogP contribution in [0.15, 0.2) is 6.07 Å². The van der Waals surface area contributed by atoms with Crippen molar-refractivity contribution in [2.75, 3.05) is 0 Å². The second-order valence-electron chi connectivity index (χ2n) is 2.75. The van der Waals surface area contributed by atoms with Crippen LogP contribution in [0.25, 0.3) is 10.2 Å². The summed E-state index contributed by atoms with van der Waals surface area (Å²) in [6, 6.07) is 1.93. The highest BCUT2D eigenvalue weighted by Gasteiger charge is 2.07. The van der Waals surface area contributed by atoms with Gasteiger partial charge in [0.15, 0.2) is 0 Å². The maximum absolute atomic E-state index is 6.00. The Balaban J connectivity index is 2.97. The van der Waals surface area contributed by atoms with Gasteiger partial charge in [-0.15, -0.1) is 5.10 Å². The smallest absolute Gasteiger partial charge is 0.109 e. The molecule has 0 amide bonds. The quantitative estimate of drug-likeness (QED) is 0.651. The van der Waals surface area contributed by atoms with Gasteiger partial charge in [-0.05, 0) is 42.6 Å². The summed E-state index contributed by atoms with van der Waals surface area (Å²) in [5.41, 5.74) is 3.14. The first-order chi connectivity index (χ1) is 5.70. The van der Waals surface area contributed by atoms with Gasteiger partial charge in [-0.25, -0.2) is 0 Å². The first-order valence-electron chi connectivity index (χ1n) is 3.58. The Morgan fingerprint density at radius 2 is 2.17 bits per heavy atom. The molecule has 0 saturated heterocycles. The first-order valence-corrected chi connectivity index (χ1v) is 4.73. The molecule has 12 heavy (non-hydrogen) atoms. The molecule has 0 aliphatic carbocycles. The molecule has 0 saturated carbocycles. The third-order valence-corrected chi connectivity index (χ3v) is 3.14. The van der Waals surface area contributed by atoms with E-state index in [4.69, 9.17) is 11.6 Å². The minimum atomic E-state index is 0.797. The van der Waals surface area contributed by atoms with E-state index in [-0.39, 0.29) is 0 Å². The van der Waals surface area contributed by atoms with E-state index in [9.17, 15) is 0 Å². The Labute approximate surface area is 79.3 Å². The number of fused-ring (bicyclic) bond motifs is 1. The van der Waals surface area contributed by atoms with Crippen LogP contribution in [0.4, 0.5) is 0 Å². The van der Waals surface area contributed by atoms with Gasteiger partial charge in [0, 0.05) is 5.02 Å². The molecular formula is C8H7ClN2S. The van der Waals surface area contributed by atoms with Gasteiger partial charge < -0.3 is 0 Å². The Morgan fingerprint density at radius 1 is 1.42 bits per heavy atom. The molecule has 1 aromatic heterocycles. The van der Waals surface area contributed by atoms with Gasteiger partial charge in [-0.1, -0.05) is 16.1 Å². The number of aryl methyl sites for hydroxylation is 2. The molecule has 0 fully saturated rings. The summed E-state index contributed by atoms with van der Waals surface area (Å²) in [6.45, 7) is 3.99. The first kappa shape index (κ1) is 7.95. The minimum Gasteiger partial charge on any atom is -0.138 e. The lowest BCUT2D eigenvalue weighted by Gasteiger charge is -1.99. The molecule has 2 aromatic rings.